The predicted octanol–water partition coefficient (Wildman–Crippen LogP) is 6.18. The Morgan fingerprint density at radius 3 is 2.00 bits per heavy atom. The Bertz CT molecular complexity index is 404. The number of nitrogens with one attached hydrogen (secondary N) is 1. The van der Waals surface area contributed by atoms with E-state index in [2.05, 4.69) is 12.2 Å². The summed E-state index contributed by atoms with van der Waals surface area (Å²) >= 11 is 0. The van der Waals surface area contributed by atoms with Gasteiger partial charge in [0.25, 0.3) is 0 Å². The second-order valence-corrected chi connectivity index (χ2v) is 5.74. The average Bonchev–Trinajstić information content (AvgIpc) is 2.50. The van der Waals surface area contributed by atoms with E-state index >= 15 is 0 Å². The molecule has 0 saturated carbocycles. The molecule has 0 amide bonds. The number of benzene rings is 1. The van der Waals surface area contributed by atoms with Crippen molar-refractivity contribution in [3.05, 3.63) is 24.3 Å². The van der Waals surface area contributed by atoms with E-state index in [0.29, 0.717) is 13.0 Å². The molecule has 0 aromatic heterocycles. The van der Waals surface area contributed by atoms with Crippen molar-refractivity contribution in [2.45, 2.75) is 64.5 Å². The monoisotopic (exact) mass is 331 g/mol. The Kier molecular flexibility index (Phi) is 9.57. The van der Waals surface area contributed by atoms with E-state index in [4.69, 9.17) is 4.74 Å². The first-order valence-corrected chi connectivity index (χ1v) is 8.55. The number of anilines is 1. The summed E-state index contributed by atoms with van der Waals surface area (Å²) in [4.78, 5) is 0. The second kappa shape index (κ2) is 11.2. The second-order valence-electron chi connectivity index (χ2n) is 5.74. The van der Waals surface area contributed by atoms with Crippen LogP contribution in [0.1, 0.15) is 58.3 Å². The minimum Gasteiger partial charge on any atom is -0.494 e. The normalized spacial score (nSPS) is 11.5. The fraction of sp³-hybridized carbons (Fsp3) is 0.667. The minimum atomic E-state index is -4.00. The molecule has 0 atom stereocenters. The third-order valence-electron chi connectivity index (χ3n) is 3.61. The van der Waals surface area contributed by atoms with E-state index in [-0.39, 0.29) is 6.42 Å². The molecule has 0 heterocycles. The van der Waals surface area contributed by atoms with Crippen LogP contribution in [0.2, 0.25) is 0 Å². The van der Waals surface area contributed by atoms with Crippen molar-refractivity contribution in [3.63, 3.8) is 0 Å². The molecule has 1 aromatic carbocycles. The van der Waals surface area contributed by atoms with Gasteiger partial charge in [-0.25, -0.2) is 0 Å². The van der Waals surface area contributed by atoms with Gasteiger partial charge in [0.1, 0.15) is 5.75 Å². The summed E-state index contributed by atoms with van der Waals surface area (Å²) in [5.41, 5.74) is 1.09. The van der Waals surface area contributed by atoms with Crippen LogP contribution in [-0.2, 0) is 0 Å². The lowest BCUT2D eigenvalue weighted by Crippen LogP contribution is -2.06. The number of alkyl halides is 3. The number of halogens is 3. The SMILES string of the molecule is CCNc1ccc(OCCCCCCCCCC(F)(F)F)cc1. The first-order valence-electron chi connectivity index (χ1n) is 8.55. The minimum absolute atomic E-state index is 0.259. The van der Waals surface area contributed by atoms with Crippen molar-refractivity contribution in [1.82, 2.24) is 0 Å². The van der Waals surface area contributed by atoms with Gasteiger partial charge < -0.3 is 10.1 Å². The molecule has 2 nitrogen and oxygen atoms in total. The lowest BCUT2D eigenvalue weighted by Gasteiger charge is -2.08. The maximum atomic E-state index is 12.0. The zero-order valence-corrected chi connectivity index (χ0v) is 13.9. The van der Waals surface area contributed by atoms with Crippen molar-refractivity contribution in [3.8, 4) is 5.75 Å². The van der Waals surface area contributed by atoms with E-state index in [0.717, 1.165) is 50.1 Å². The summed E-state index contributed by atoms with van der Waals surface area (Å²) < 4.78 is 41.5. The molecule has 0 aliphatic heterocycles. The van der Waals surface area contributed by atoms with Gasteiger partial charge in [0, 0.05) is 18.7 Å². The van der Waals surface area contributed by atoms with Gasteiger partial charge in [0.15, 0.2) is 0 Å². The van der Waals surface area contributed by atoms with Crippen LogP contribution in [0.4, 0.5) is 18.9 Å². The van der Waals surface area contributed by atoms with Gasteiger partial charge in [0.05, 0.1) is 6.61 Å². The quantitative estimate of drug-likeness (QED) is 0.462. The highest BCUT2D eigenvalue weighted by Gasteiger charge is 2.25. The summed E-state index contributed by atoms with van der Waals surface area (Å²) in [5.74, 6) is 0.874. The van der Waals surface area contributed by atoms with Gasteiger partial charge >= 0.3 is 6.18 Å². The Balaban J connectivity index is 1.93. The lowest BCUT2D eigenvalue weighted by atomic mass is 10.1. The van der Waals surface area contributed by atoms with Gasteiger partial charge in [-0.3, -0.25) is 0 Å². The summed E-state index contributed by atoms with van der Waals surface area (Å²) in [6.45, 7) is 3.64. The predicted molar refractivity (Wildman–Crippen MR) is 89.1 cm³/mol. The highest BCUT2D eigenvalue weighted by molar-refractivity contribution is 5.46. The Morgan fingerprint density at radius 2 is 1.43 bits per heavy atom. The highest BCUT2D eigenvalue weighted by atomic mass is 19.4. The maximum absolute atomic E-state index is 12.0. The van der Waals surface area contributed by atoms with Crippen LogP contribution >= 0.6 is 0 Å². The van der Waals surface area contributed by atoms with Crippen LogP contribution in [0.3, 0.4) is 0 Å². The molecule has 0 spiro atoms. The van der Waals surface area contributed by atoms with Gasteiger partial charge in [0.2, 0.25) is 0 Å². The Hall–Kier alpha value is -1.39. The van der Waals surface area contributed by atoms with E-state index in [9.17, 15) is 13.2 Å². The van der Waals surface area contributed by atoms with Crippen LogP contribution in [0.15, 0.2) is 24.3 Å². The summed E-state index contributed by atoms with van der Waals surface area (Å²) in [6, 6.07) is 7.91. The van der Waals surface area contributed by atoms with Crippen LogP contribution in [0.5, 0.6) is 5.75 Å². The largest absolute Gasteiger partial charge is 0.494 e. The molecule has 1 N–H and O–H groups in total. The molecule has 0 aliphatic rings. The molecular weight excluding hydrogens is 303 g/mol. The van der Waals surface area contributed by atoms with Crippen molar-refractivity contribution in [2.75, 3.05) is 18.5 Å². The third kappa shape index (κ3) is 10.9. The van der Waals surface area contributed by atoms with Gasteiger partial charge in [-0.1, -0.05) is 32.1 Å². The number of rotatable bonds is 12. The molecule has 0 saturated heterocycles. The van der Waals surface area contributed by atoms with Crippen molar-refractivity contribution in [2.24, 2.45) is 0 Å². The Labute approximate surface area is 137 Å². The molecule has 0 aliphatic carbocycles. The summed E-state index contributed by atoms with van der Waals surface area (Å²) in [6.07, 6.45) is 1.30. The molecule has 0 fully saturated rings. The van der Waals surface area contributed by atoms with Crippen LogP contribution in [0, 0.1) is 0 Å². The van der Waals surface area contributed by atoms with Gasteiger partial charge in [-0.15, -0.1) is 0 Å². The molecular formula is C18H28F3NO. The maximum Gasteiger partial charge on any atom is 0.389 e. The van der Waals surface area contributed by atoms with Crippen LogP contribution in [-0.4, -0.2) is 19.3 Å². The molecule has 1 rings (SSSR count). The van der Waals surface area contributed by atoms with Crippen LogP contribution in [0.25, 0.3) is 0 Å². The standard InChI is InChI=1S/C18H28F3NO/c1-2-22-16-10-12-17(13-11-16)23-15-9-7-5-3-4-6-8-14-18(19,20)21/h10-13,22H,2-9,14-15H2,1H3. The van der Waals surface area contributed by atoms with Crippen LogP contribution < -0.4 is 10.1 Å². The topological polar surface area (TPSA) is 21.3 Å². The molecule has 5 heteroatoms. The highest BCUT2D eigenvalue weighted by Crippen LogP contribution is 2.23. The average molecular weight is 331 g/mol. The van der Waals surface area contributed by atoms with E-state index in [1.54, 1.807) is 0 Å². The van der Waals surface area contributed by atoms with Crippen molar-refractivity contribution >= 4 is 5.69 Å². The van der Waals surface area contributed by atoms with Gasteiger partial charge in [-0.05, 0) is 44.0 Å². The number of hydrogen-bond acceptors (Lipinski definition) is 2. The first-order chi connectivity index (χ1) is 11.0. The summed E-state index contributed by atoms with van der Waals surface area (Å²) in [7, 11) is 0. The number of unbranched alkanes of at least 4 members (excludes halogenated alkanes) is 6. The fourth-order valence-electron chi connectivity index (χ4n) is 2.37. The zero-order valence-electron chi connectivity index (χ0n) is 13.9. The smallest absolute Gasteiger partial charge is 0.389 e. The molecule has 0 radical (unpaired) electrons. The molecule has 0 bridgehead atoms. The molecule has 23 heavy (non-hydrogen) atoms. The fourth-order valence-corrected chi connectivity index (χ4v) is 2.37. The van der Waals surface area contributed by atoms with Crippen molar-refractivity contribution in [1.29, 1.82) is 0 Å². The summed E-state index contributed by atoms with van der Waals surface area (Å²) in [5, 5.41) is 3.23. The number of hydrogen-bond donors (Lipinski definition) is 1. The molecule has 132 valence electrons. The first kappa shape index (κ1) is 19.7. The third-order valence-corrected chi connectivity index (χ3v) is 3.61. The Morgan fingerprint density at radius 1 is 0.870 bits per heavy atom. The van der Waals surface area contributed by atoms with E-state index in [1.807, 2.05) is 24.3 Å². The number of ether oxygens (including phenoxy) is 1. The van der Waals surface area contributed by atoms with E-state index < -0.39 is 12.6 Å². The zero-order chi connectivity index (χ0) is 17.0. The van der Waals surface area contributed by atoms with E-state index in [1.165, 1.54) is 0 Å². The van der Waals surface area contributed by atoms with Crippen molar-refractivity contribution < 1.29 is 17.9 Å². The molecule has 0 unspecified atom stereocenters. The lowest BCUT2D eigenvalue weighted by molar-refractivity contribution is -0.135. The molecule has 1 aromatic rings. The van der Waals surface area contributed by atoms with Gasteiger partial charge in [-0.2, -0.15) is 13.2 Å².